The van der Waals surface area contributed by atoms with Crippen molar-refractivity contribution in [3.63, 3.8) is 0 Å². The van der Waals surface area contributed by atoms with Crippen LogP contribution < -0.4 is 5.32 Å². The van der Waals surface area contributed by atoms with Crippen LogP contribution in [0.5, 0.6) is 0 Å². The maximum atomic E-state index is 14.1. The molecule has 0 saturated carbocycles. The van der Waals surface area contributed by atoms with Gasteiger partial charge in [0.1, 0.15) is 10.8 Å². The van der Waals surface area contributed by atoms with Crippen molar-refractivity contribution in [2.24, 2.45) is 0 Å². The summed E-state index contributed by atoms with van der Waals surface area (Å²) in [4.78, 5) is 17.4. The van der Waals surface area contributed by atoms with Gasteiger partial charge in [-0.3, -0.25) is 10.1 Å². The number of amides is 1. The SMILES string of the molecule is Cc1ccccc1-c1nnc(NC(=O)c2nn(Cc3ccccc3F)c3ncccc23)s1. The minimum absolute atomic E-state index is 0.156. The van der Waals surface area contributed by atoms with Crippen LogP contribution in [0, 0.1) is 12.7 Å². The Morgan fingerprint density at radius 3 is 2.72 bits per heavy atom. The van der Waals surface area contributed by atoms with Gasteiger partial charge in [-0.05, 0) is 30.7 Å². The van der Waals surface area contributed by atoms with Gasteiger partial charge in [0, 0.05) is 17.3 Å². The van der Waals surface area contributed by atoms with E-state index in [0.717, 1.165) is 16.1 Å². The highest BCUT2D eigenvalue weighted by Gasteiger charge is 2.20. The first-order chi connectivity index (χ1) is 15.6. The quantitative estimate of drug-likeness (QED) is 0.425. The highest BCUT2D eigenvalue weighted by atomic mass is 32.1. The second-order valence-corrected chi connectivity index (χ2v) is 8.13. The van der Waals surface area contributed by atoms with E-state index in [1.165, 1.54) is 22.1 Å². The first-order valence-corrected chi connectivity index (χ1v) is 10.7. The fraction of sp³-hybridized carbons (Fsp3) is 0.0870. The monoisotopic (exact) mass is 444 g/mol. The molecule has 3 aromatic heterocycles. The lowest BCUT2D eigenvalue weighted by Crippen LogP contribution is -2.14. The van der Waals surface area contributed by atoms with Crippen LogP contribution in [0.3, 0.4) is 0 Å². The molecule has 3 heterocycles. The van der Waals surface area contributed by atoms with Gasteiger partial charge in [-0.25, -0.2) is 14.1 Å². The lowest BCUT2D eigenvalue weighted by atomic mass is 10.1. The Hall–Kier alpha value is -3.98. The highest BCUT2D eigenvalue weighted by molar-refractivity contribution is 7.18. The molecular weight excluding hydrogens is 427 g/mol. The Labute approximate surface area is 186 Å². The second-order valence-electron chi connectivity index (χ2n) is 7.15. The molecule has 0 aliphatic carbocycles. The first kappa shape index (κ1) is 20.0. The average Bonchev–Trinajstić information content (AvgIpc) is 3.41. The number of fused-ring (bicyclic) bond motifs is 1. The number of carbonyl (C=O) groups excluding carboxylic acids is 1. The van der Waals surface area contributed by atoms with Gasteiger partial charge in [0.05, 0.1) is 11.9 Å². The van der Waals surface area contributed by atoms with E-state index in [4.69, 9.17) is 0 Å². The molecule has 1 amide bonds. The number of anilines is 1. The van der Waals surface area contributed by atoms with Crippen molar-refractivity contribution in [2.45, 2.75) is 13.5 Å². The molecular formula is C23H17FN6OS. The molecule has 9 heteroatoms. The fourth-order valence-electron chi connectivity index (χ4n) is 3.43. The van der Waals surface area contributed by atoms with E-state index in [2.05, 4.69) is 25.6 Å². The van der Waals surface area contributed by atoms with Crippen molar-refractivity contribution >= 4 is 33.4 Å². The smallest absolute Gasteiger partial charge is 0.278 e. The zero-order valence-electron chi connectivity index (χ0n) is 17.0. The fourth-order valence-corrected chi connectivity index (χ4v) is 4.26. The number of nitrogens with zero attached hydrogens (tertiary/aromatic N) is 5. The third kappa shape index (κ3) is 3.74. The Morgan fingerprint density at radius 2 is 1.88 bits per heavy atom. The maximum Gasteiger partial charge on any atom is 0.278 e. The number of benzene rings is 2. The number of hydrogen-bond donors (Lipinski definition) is 1. The number of rotatable bonds is 5. The van der Waals surface area contributed by atoms with Crippen LogP contribution >= 0.6 is 11.3 Å². The molecule has 0 unspecified atom stereocenters. The van der Waals surface area contributed by atoms with Gasteiger partial charge in [0.2, 0.25) is 5.13 Å². The average molecular weight is 444 g/mol. The Morgan fingerprint density at radius 1 is 1.06 bits per heavy atom. The number of nitrogens with one attached hydrogen (secondary N) is 1. The third-order valence-corrected chi connectivity index (χ3v) is 5.89. The Balaban J connectivity index is 1.45. The minimum atomic E-state index is -0.428. The molecule has 2 aromatic carbocycles. The minimum Gasteiger partial charge on any atom is -0.295 e. The highest BCUT2D eigenvalue weighted by Crippen LogP contribution is 2.29. The topological polar surface area (TPSA) is 85.6 Å². The van der Waals surface area contributed by atoms with Gasteiger partial charge >= 0.3 is 0 Å². The van der Waals surface area contributed by atoms with Crippen molar-refractivity contribution < 1.29 is 9.18 Å². The largest absolute Gasteiger partial charge is 0.295 e. The summed E-state index contributed by atoms with van der Waals surface area (Å²) in [6.07, 6.45) is 1.61. The summed E-state index contributed by atoms with van der Waals surface area (Å²) in [5.41, 5.74) is 3.19. The van der Waals surface area contributed by atoms with E-state index in [1.54, 1.807) is 36.5 Å². The summed E-state index contributed by atoms with van der Waals surface area (Å²) in [5, 5.41) is 17.2. The van der Waals surface area contributed by atoms with Gasteiger partial charge in [-0.1, -0.05) is 53.8 Å². The summed E-state index contributed by atoms with van der Waals surface area (Å²) >= 11 is 1.29. The van der Waals surface area contributed by atoms with Crippen LogP contribution in [-0.2, 0) is 6.54 Å². The normalized spacial score (nSPS) is 11.1. The van der Waals surface area contributed by atoms with Crippen LogP contribution in [0.15, 0.2) is 66.9 Å². The molecule has 32 heavy (non-hydrogen) atoms. The number of aromatic nitrogens is 5. The van der Waals surface area contributed by atoms with Gasteiger partial charge in [-0.15, -0.1) is 10.2 Å². The number of halogens is 1. The van der Waals surface area contributed by atoms with Crippen molar-refractivity contribution in [1.82, 2.24) is 25.0 Å². The molecule has 5 aromatic rings. The van der Waals surface area contributed by atoms with Crippen molar-refractivity contribution in [2.75, 3.05) is 5.32 Å². The molecule has 158 valence electrons. The summed E-state index contributed by atoms with van der Waals surface area (Å²) in [5.74, 6) is -0.765. The molecule has 0 atom stereocenters. The number of aryl methyl sites for hydroxylation is 1. The van der Waals surface area contributed by atoms with Crippen molar-refractivity contribution in [3.05, 3.63) is 89.5 Å². The number of hydrogen-bond acceptors (Lipinski definition) is 6. The van der Waals surface area contributed by atoms with Gasteiger partial charge in [0.15, 0.2) is 11.3 Å². The lowest BCUT2D eigenvalue weighted by molar-refractivity contribution is 0.102. The van der Waals surface area contributed by atoms with Crippen molar-refractivity contribution in [1.29, 1.82) is 0 Å². The van der Waals surface area contributed by atoms with Crippen LogP contribution in [0.2, 0.25) is 0 Å². The predicted molar refractivity (Wildman–Crippen MR) is 121 cm³/mol. The van der Waals surface area contributed by atoms with E-state index in [-0.39, 0.29) is 18.1 Å². The summed E-state index contributed by atoms with van der Waals surface area (Å²) < 4.78 is 15.7. The molecule has 5 rings (SSSR count). The number of carbonyl (C=O) groups is 1. The first-order valence-electron chi connectivity index (χ1n) is 9.86. The van der Waals surface area contributed by atoms with E-state index < -0.39 is 5.91 Å². The molecule has 0 fully saturated rings. The van der Waals surface area contributed by atoms with E-state index in [0.29, 0.717) is 21.7 Å². The standard InChI is InChI=1S/C23H17FN6OS/c1-14-7-2-4-9-16(14)22-27-28-23(32-22)26-21(31)19-17-10-6-12-25-20(17)30(29-19)13-15-8-3-5-11-18(15)24/h2-12H,13H2,1H3,(H,26,28,31). The molecule has 7 nitrogen and oxygen atoms in total. The molecule has 1 N–H and O–H groups in total. The molecule has 0 aliphatic heterocycles. The molecule has 0 aliphatic rings. The van der Waals surface area contributed by atoms with Crippen LogP contribution in [0.4, 0.5) is 9.52 Å². The molecule has 0 spiro atoms. The molecule has 0 radical (unpaired) electrons. The van der Waals surface area contributed by atoms with Gasteiger partial charge in [-0.2, -0.15) is 5.10 Å². The zero-order valence-corrected chi connectivity index (χ0v) is 17.8. The van der Waals surface area contributed by atoms with Crippen molar-refractivity contribution in [3.8, 4) is 10.6 Å². The Kier molecular flexibility index (Phi) is 5.16. The Bertz CT molecular complexity index is 1440. The van der Waals surface area contributed by atoms with Crippen LogP contribution in [0.25, 0.3) is 21.6 Å². The summed E-state index contributed by atoms with van der Waals surface area (Å²) in [7, 11) is 0. The van der Waals surface area contributed by atoms with E-state index in [9.17, 15) is 9.18 Å². The second kappa shape index (κ2) is 8.27. The summed E-state index contributed by atoms with van der Waals surface area (Å²) in [6.45, 7) is 2.15. The lowest BCUT2D eigenvalue weighted by Gasteiger charge is -2.04. The maximum absolute atomic E-state index is 14.1. The van der Waals surface area contributed by atoms with E-state index >= 15 is 0 Å². The van der Waals surface area contributed by atoms with Crippen LogP contribution in [0.1, 0.15) is 21.6 Å². The number of pyridine rings is 1. The predicted octanol–water partition coefficient (Wildman–Crippen LogP) is 4.70. The molecule has 0 saturated heterocycles. The third-order valence-electron chi connectivity index (χ3n) is 5.02. The van der Waals surface area contributed by atoms with Gasteiger partial charge in [0.25, 0.3) is 5.91 Å². The summed E-state index contributed by atoms with van der Waals surface area (Å²) in [6, 6.07) is 17.8. The molecule has 0 bridgehead atoms. The zero-order chi connectivity index (χ0) is 22.1. The van der Waals surface area contributed by atoms with E-state index in [1.807, 2.05) is 31.2 Å². The van der Waals surface area contributed by atoms with Gasteiger partial charge < -0.3 is 0 Å². The van der Waals surface area contributed by atoms with Crippen LogP contribution in [-0.4, -0.2) is 30.9 Å².